The number of aromatic nitrogens is 2. The van der Waals surface area contributed by atoms with Gasteiger partial charge in [-0.25, -0.2) is 4.98 Å². The fourth-order valence-corrected chi connectivity index (χ4v) is 2.71. The van der Waals surface area contributed by atoms with Crippen LogP contribution in [0.25, 0.3) is 0 Å². The van der Waals surface area contributed by atoms with Crippen molar-refractivity contribution in [2.45, 2.75) is 26.4 Å². The molecule has 0 saturated heterocycles. The van der Waals surface area contributed by atoms with Crippen molar-refractivity contribution in [1.29, 1.82) is 0 Å². The molecule has 0 spiro atoms. The summed E-state index contributed by atoms with van der Waals surface area (Å²) < 4.78 is 5.26. The number of benzene rings is 2. The molecule has 0 saturated carbocycles. The quantitative estimate of drug-likeness (QED) is 0.674. The summed E-state index contributed by atoms with van der Waals surface area (Å²) in [6.07, 6.45) is 1.78. The van der Waals surface area contributed by atoms with Crippen molar-refractivity contribution in [3.05, 3.63) is 72.4 Å². The Morgan fingerprint density at radius 1 is 1.04 bits per heavy atom. The smallest absolute Gasteiger partial charge is 0.229 e. The van der Waals surface area contributed by atoms with E-state index in [0.717, 1.165) is 23.8 Å². The zero-order valence-electron chi connectivity index (χ0n) is 15.4. The molecule has 1 heterocycles. The number of methoxy groups -OCH3 is 1. The highest BCUT2D eigenvalue weighted by atomic mass is 16.5. The lowest BCUT2D eigenvalue weighted by molar-refractivity contribution is 0.415. The first-order valence-electron chi connectivity index (χ1n) is 8.70. The zero-order chi connectivity index (χ0) is 18.4. The Hall–Kier alpha value is -3.08. The van der Waals surface area contributed by atoms with E-state index < -0.39 is 0 Å². The molecule has 26 heavy (non-hydrogen) atoms. The third kappa shape index (κ3) is 4.51. The third-order valence-electron chi connectivity index (χ3n) is 4.08. The third-order valence-corrected chi connectivity index (χ3v) is 4.08. The SMILES string of the molecule is COc1cccc(Nc2nccc(N(Cc3ccccc3)C(C)C)n2)c1. The van der Waals surface area contributed by atoms with Gasteiger partial charge < -0.3 is 15.0 Å². The molecule has 3 aromatic rings. The average molecular weight is 348 g/mol. The van der Waals surface area contributed by atoms with Crippen LogP contribution in [0.1, 0.15) is 19.4 Å². The summed E-state index contributed by atoms with van der Waals surface area (Å²) in [5.41, 5.74) is 2.14. The molecular formula is C21H24N4O. The predicted octanol–water partition coefficient (Wildman–Crippen LogP) is 4.64. The summed E-state index contributed by atoms with van der Waals surface area (Å²) in [7, 11) is 1.65. The molecule has 1 aromatic heterocycles. The van der Waals surface area contributed by atoms with Crippen molar-refractivity contribution in [2.24, 2.45) is 0 Å². The molecule has 0 aliphatic rings. The van der Waals surface area contributed by atoms with Crippen LogP contribution in [0, 0.1) is 0 Å². The average Bonchev–Trinajstić information content (AvgIpc) is 2.67. The molecule has 0 aliphatic heterocycles. The summed E-state index contributed by atoms with van der Waals surface area (Å²) in [4.78, 5) is 11.3. The minimum Gasteiger partial charge on any atom is -0.497 e. The Morgan fingerprint density at radius 2 is 1.85 bits per heavy atom. The van der Waals surface area contributed by atoms with Gasteiger partial charge in [0.25, 0.3) is 0 Å². The molecule has 0 aliphatic carbocycles. The maximum absolute atomic E-state index is 5.26. The number of hydrogen-bond acceptors (Lipinski definition) is 5. The number of rotatable bonds is 7. The van der Waals surface area contributed by atoms with E-state index in [0.29, 0.717) is 12.0 Å². The van der Waals surface area contributed by atoms with Crippen LogP contribution in [0.15, 0.2) is 66.9 Å². The Kier molecular flexibility index (Phi) is 5.69. The van der Waals surface area contributed by atoms with E-state index in [-0.39, 0.29) is 0 Å². The molecule has 1 N–H and O–H groups in total. The molecule has 0 unspecified atom stereocenters. The maximum atomic E-state index is 5.26. The lowest BCUT2D eigenvalue weighted by Gasteiger charge is -2.28. The summed E-state index contributed by atoms with van der Waals surface area (Å²) in [5.74, 6) is 2.25. The van der Waals surface area contributed by atoms with Gasteiger partial charge in [0.05, 0.1) is 7.11 Å². The lowest BCUT2D eigenvalue weighted by Crippen LogP contribution is -2.31. The van der Waals surface area contributed by atoms with Gasteiger partial charge in [-0.3, -0.25) is 0 Å². The van der Waals surface area contributed by atoms with Crippen LogP contribution in [-0.2, 0) is 6.54 Å². The lowest BCUT2D eigenvalue weighted by atomic mass is 10.2. The molecular weight excluding hydrogens is 324 g/mol. The van der Waals surface area contributed by atoms with Crippen LogP contribution < -0.4 is 15.0 Å². The standard InChI is InChI=1S/C21H24N4O/c1-16(2)25(15-17-8-5-4-6-9-17)20-12-13-22-21(24-20)23-18-10-7-11-19(14-18)26-3/h4-14,16H,15H2,1-3H3,(H,22,23,24). The Bertz CT molecular complexity index is 836. The second kappa shape index (κ2) is 8.34. The van der Waals surface area contributed by atoms with Gasteiger partial charge in [-0.1, -0.05) is 36.4 Å². The molecule has 0 radical (unpaired) electrons. The van der Waals surface area contributed by atoms with Gasteiger partial charge in [0.15, 0.2) is 0 Å². The number of anilines is 3. The molecule has 0 bridgehead atoms. The van der Waals surface area contributed by atoms with Crippen molar-refractivity contribution >= 4 is 17.5 Å². The number of hydrogen-bond donors (Lipinski definition) is 1. The van der Waals surface area contributed by atoms with Gasteiger partial charge >= 0.3 is 0 Å². The zero-order valence-corrected chi connectivity index (χ0v) is 15.4. The van der Waals surface area contributed by atoms with Crippen LogP contribution in [0.4, 0.5) is 17.5 Å². The second-order valence-electron chi connectivity index (χ2n) is 6.30. The van der Waals surface area contributed by atoms with E-state index >= 15 is 0 Å². The largest absolute Gasteiger partial charge is 0.497 e. The molecule has 0 atom stereocenters. The minimum absolute atomic E-state index is 0.315. The second-order valence-corrected chi connectivity index (χ2v) is 6.30. The van der Waals surface area contributed by atoms with Crippen molar-refractivity contribution in [2.75, 3.05) is 17.3 Å². The monoisotopic (exact) mass is 348 g/mol. The van der Waals surface area contributed by atoms with E-state index in [1.165, 1.54) is 5.56 Å². The summed E-state index contributed by atoms with van der Waals surface area (Å²) >= 11 is 0. The van der Waals surface area contributed by atoms with Crippen LogP contribution in [0.5, 0.6) is 5.75 Å². The number of ether oxygens (including phenoxy) is 1. The maximum Gasteiger partial charge on any atom is 0.229 e. The molecule has 3 rings (SSSR count). The molecule has 5 nitrogen and oxygen atoms in total. The molecule has 0 fully saturated rings. The van der Waals surface area contributed by atoms with Crippen LogP contribution in [-0.4, -0.2) is 23.1 Å². The van der Waals surface area contributed by atoms with Crippen LogP contribution in [0.2, 0.25) is 0 Å². The van der Waals surface area contributed by atoms with E-state index in [1.54, 1.807) is 13.3 Å². The van der Waals surface area contributed by atoms with Gasteiger partial charge in [0, 0.05) is 30.5 Å². The van der Waals surface area contributed by atoms with E-state index in [2.05, 4.69) is 53.3 Å². The predicted molar refractivity (Wildman–Crippen MR) is 106 cm³/mol. The summed E-state index contributed by atoms with van der Waals surface area (Å²) in [6.45, 7) is 5.13. The molecule has 2 aromatic carbocycles. The highest BCUT2D eigenvalue weighted by Crippen LogP contribution is 2.22. The van der Waals surface area contributed by atoms with E-state index in [1.807, 2.05) is 36.4 Å². The number of nitrogens with one attached hydrogen (secondary N) is 1. The van der Waals surface area contributed by atoms with Crippen molar-refractivity contribution in [3.8, 4) is 5.75 Å². The molecule has 5 heteroatoms. The first kappa shape index (κ1) is 17.7. The summed E-state index contributed by atoms with van der Waals surface area (Å²) in [5, 5.41) is 3.25. The van der Waals surface area contributed by atoms with E-state index in [9.17, 15) is 0 Å². The van der Waals surface area contributed by atoms with Gasteiger partial charge in [-0.2, -0.15) is 4.98 Å². The topological polar surface area (TPSA) is 50.3 Å². The Balaban J connectivity index is 1.81. The molecule has 0 amide bonds. The van der Waals surface area contributed by atoms with Gasteiger partial charge in [0.2, 0.25) is 5.95 Å². The highest BCUT2D eigenvalue weighted by Gasteiger charge is 2.13. The minimum atomic E-state index is 0.315. The van der Waals surface area contributed by atoms with Crippen LogP contribution in [0.3, 0.4) is 0 Å². The first-order chi connectivity index (χ1) is 12.7. The van der Waals surface area contributed by atoms with E-state index in [4.69, 9.17) is 9.72 Å². The van der Waals surface area contributed by atoms with Crippen LogP contribution >= 0.6 is 0 Å². The first-order valence-corrected chi connectivity index (χ1v) is 8.70. The van der Waals surface area contributed by atoms with Gasteiger partial charge in [0.1, 0.15) is 11.6 Å². The Labute approximate surface area is 154 Å². The summed E-state index contributed by atoms with van der Waals surface area (Å²) in [6, 6.07) is 20.4. The highest BCUT2D eigenvalue weighted by molar-refractivity contribution is 5.57. The Morgan fingerprint density at radius 3 is 2.58 bits per heavy atom. The fraction of sp³-hybridized carbons (Fsp3) is 0.238. The molecule has 134 valence electrons. The normalized spacial score (nSPS) is 10.6. The van der Waals surface area contributed by atoms with Crippen molar-refractivity contribution < 1.29 is 4.74 Å². The van der Waals surface area contributed by atoms with Crippen molar-refractivity contribution in [3.63, 3.8) is 0 Å². The van der Waals surface area contributed by atoms with Gasteiger partial charge in [-0.05, 0) is 37.6 Å². The number of nitrogens with zero attached hydrogens (tertiary/aromatic N) is 3. The fourth-order valence-electron chi connectivity index (χ4n) is 2.71. The van der Waals surface area contributed by atoms with Crippen molar-refractivity contribution in [1.82, 2.24) is 9.97 Å². The van der Waals surface area contributed by atoms with Gasteiger partial charge in [-0.15, -0.1) is 0 Å².